The molecule has 0 aromatic carbocycles. The number of aliphatic hydroxyl groups excluding tert-OH is 1. The molecule has 0 aliphatic carbocycles. The molecule has 0 saturated carbocycles. The average molecular weight is 1440 g/mol. The van der Waals surface area contributed by atoms with Crippen molar-refractivity contribution in [1.82, 2.24) is 0 Å². The molecule has 3 N–H and O–H groups in total. The maximum atomic E-state index is 13.1. The van der Waals surface area contributed by atoms with Gasteiger partial charge in [0.1, 0.15) is 19.3 Å². The Balaban J connectivity index is 5.22. The van der Waals surface area contributed by atoms with Gasteiger partial charge in [-0.2, -0.15) is 0 Å². The Morgan fingerprint density at radius 1 is 0.255 bits per heavy atom. The second kappa shape index (κ2) is 68.2. The molecule has 0 amide bonds. The van der Waals surface area contributed by atoms with Gasteiger partial charge in [-0.15, -0.1) is 0 Å². The quantitative estimate of drug-likeness (QED) is 0.0222. The number of ether oxygens (including phenoxy) is 4. The maximum absolute atomic E-state index is 13.1. The van der Waals surface area contributed by atoms with Gasteiger partial charge in [-0.1, -0.05) is 351 Å². The summed E-state index contributed by atoms with van der Waals surface area (Å²) in [5.41, 5.74) is 0. The van der Waals surface area contributed by atoms with E-state index >= 15 is 0 Å². The molecule has 5 atom stereocenters. The molecule has 0 aromatic rings. The Morgan fingerprint density at radius 3 is 0.633 bits per heavy atom. The van der Waals surface area contributed by atoms with Crippen molar-refractivity contribution >= 4 is 39.5 Å². The normalized spacial score (nSPS) is 14.1. The fourth-order valence-electron chi connectivity index (χ4n) is 12.1. The Bertz CT molecular complexity index is 1920. The lowest BCUT2D eigenvalue weighted by Gasteiger charge is -2.21. The Morgan fingerprint density at radius 2 is 0.429 bits per heavy atom. The van der Waals surface area contributed by atoms with Crippen molar-refractivity contribution in [2.75, 3.05) is 39.6 Å². The van der Waals surface area contributed by atoms with Gasteiger partial charge in [0.05, 0.1) is 26.4 Å². The summed E-state index contributed by atoms with van der Waals surface area (Å²) in [5, 5.41) is 10.6. The molecule has 98 heavy (non-hydrogen) atoms. The molecule has 0 rings (SSSR count). The summed E-state index contributed by atoms with van der Waals surface area (Å²) in [7, 11) is -9.92. The van der Waals surface area contributed by atoms with Crippen LogP contribution in [-0.2, 0) is 65.4 Å². The van der Waals surface area contributed by atoms with Gasteiger partial charge in [0, 0.05) is 25.7 Å². The van der Waals surface area contributed by atoms with Crippen molar-refractivity contribution in [2.24, 2.45) is 23.7 Å². The number of hydrogen-bond donors (Lipinski definition) is 3. The lowest BCUT2D eigenvalue weighted by Crippen LogP contribution is -2.30. The van der Waals surface area contributed by atoms with E-state index in [2.05, 4.69) is 55.4 Å². The van der Waals surface area contributed by atoms with Crippen molar-refractivity contribution in [2.45, 2.75) is 420 Å². The minimum Gasteiger partial charge on any atom is -0.462 e. The molecule has 0 radical (unpaired) electrons. The van der Waals surface area contributed by atoms with Crippen molar-refractivity contribution in [3.63, 3.8) is 0 Å². The fourth-order valence-corrected chi connectivity index (χ4v) is 13.7. The van der Waals surface area contributed by atoms with Gasteiger partial charge in [0.2, 0.25) is 0 Å². The predicted molar refractivity (Wildman–Crippen MR) is 400 cm³/mol. The second-order valence-electron chi connectivity index (χ2n) is 30.4. The highest BCUT2D eigenvalue weighted by atomic mass is 31.2. The van der Waals surface area contributed by atoms with Crippen LogP contribution in [-0.4, -0.2) is 96.7 Å². The number of aliphatic hydroxyl groups is 1. The minimum absolute atomic E-state index is 0.105. The van der Waals surface area contributed by atoms with E-state index in [1.54, 1.807) is 0 Å². The molecule has 0 aromatic heterocycles. The zero-order valence-corrected chi connectivity index (χ0v) is 66.2. The highest BCUT2D eigenvalue weighted by molar-refractivity contribution is 7.47. The molecular weight excluding hydrogens is 1280 g/mol. The van der Waals surface area contributed by atoms with Crippen LogP contribution in [0.3, 0.4) is 0 Å². The number of carbonyl (C=O) groups is 4. The first kappa shape index (κ1) is 96.1. The summed E-state index contributed by atoms with van der Waals surface area (Å²) < 4.78 is 68.6. The summed E-state index contributed by atoms with van der Waals surface area (Å²) in [6.45, 7) is 14.2. The highest BCUT2D eigenvalue weighted by Crippen LogP contribution is 2.45. The third kappa shape index (κ3) is 72.4. The average Bonchev–Trinajstić information content (AvgIpc) is 1.05. The molecule has 0 aliphatic rings. The van der Waals surface area contributed by atoms with Gasteiger partial charge in [-0.3, -0.25) is 37.3 Å². The van der Waals surface area contributed by atoms with Crippen LogP contribution in [0.4, 0.5) is 0 Å². The van der Waals surface area contributed by atoms with Crippen molar-refractivity contribution in [3.8, 4) is 0 Å². The first-order chi connectivity index (χ1) is 47.1. The minimum atomic E-state index is -4.96. The van der Waals surface area contributed by atoms with E-state index < -0.39 is 97.5 Å². The first-order valence-electron chi connectivity index (χ1n) is 40.7. The number of rotatable bonds is 76. The van der Waals surface area contributed by atoms with Gasteiger partial charge in [0.25, 0.3) is 0 Å². The topological polar surface area (TPSA) is 237 Å². The number of phosphoric ester groups is 2. The maximum Gasteiger partial charge on any atom is 0.472 e. The summed E-state index contributed by atoms with van der Waals surface area (Å²) in [5.74, 6) is 0.930. The van der Waals surface area contributed by atoms with Gasteiger partial charge in [-0.05, 0) is 49.4 Å². The zero-order chi connectivity index (χ0) is 72.4. The summed E-state index contributed by atoms with van der Waals surface area (Å²) in [4.78, 5) is 72.9. The molecule has 0 fully saturated rings. The van der Waals surface area contributed by atoms with E-state index in [-0.39, 0.29) is 25.7 Å². The highest BCUT2D eigenvalue weighted by Gasteiger charge is 2.30. The monoisotopic (exact) mass is 1440 g/mol. The summed E-state index contributed by atoms with van der Waals surface area (Å²) in [6, 6.07) is 0. The molecule has 3 unspecified atom stereocenters. The van der Waals surface area contributed by atoms with Crippen LogP contribution in [0, 0.1) is 23.7 Å². The molecule has 0 spiro atoms. The molecule has 0 heterocycles. The Hall–Kier alpha value is -1.94. The molecule has 0 bridgehead atoms. The van der Waals surface area contributed by atoms with Crippen LogP contribution >= 0.6 is 15.6 Å². The van der Waals surface area contributed by atoms with Crippen LogP contribution in [0.5, 0.6) is 0 Å². The molecule has 0 saturated heterocycles. The standard InChI is InChI=1S/C79H154O17P2/c1-69(2)55-47-39-31-24-18-15-13-11-9-10-12-14-16-20-28-36-45-53-61-78(83)95-74(65-89-76(81)59-51-43-35-27-21-17-19-25-32-40-48-56-70(3)4)67-93-97(85,86)91-63-73(80)64-92-98(87,88)94-68-75(66-90-77(82)60-52-44-38-30-34-42-50-58-72(7)8)96-79(84)62-54-46-37-29-23-22-26-33-41-49-57-71(5)6/h69-75,80H,9-68H2,1-8H3,(H,85,86)(H,87,88)/t73?,74-,75-/m1/s1. The Labute approximate surface area is 600 Å². The van der Waals surface area contributed by atoms with E-state index in [0.717, 1.165) is 114 Å². The third-order valence-corrected chi connectivity index (χ3v) is 20.2. The van der Waals surface area contributed by atoms with Crippen molar-refractivity contribution in [1.29, 1.82) is 0 Å². The van der Waals surface area contributed by atoms with Crippen LogP contribution in [0.15, 0.2) is 0 Å². The summed E-state index contributed by atoms with van der Waals surface area (Å²) >= 11 is 0. The number of esters is 4. The van der Waals surface area contributed by atoms with Crippen molar-refractivity contribution in [3.05, 3.63) is 0 Å². The van der Waals surface area contributed by atoms with Gasteiger partial charge < -0.3 is 33.8 Å². The number of carbonyl (C=O) groups excluding carboxylic acids is 4. The summed E-state index contributed by atoms with van der Waals surface area (Å²) in [6.07, 6.45) is 54.3. The molecule has 0 aliphatic heterocycles. The van der Waals surface area contributed by atoms with E-state index in [9.17, 15) is 43.2 Å². The predicted octanol–water partition coefficient (Wildman–Crippen LogP) is 23.2. The molecule has 17 nitrogen and oxygen atoms in total. The lowest BCUT2D eigenvalue weighted by atomic mass is 10.0. The van der Waals surface area contributed by atoms with Gasteiger partial charge in [0.15, 0.2) is 12.2 Å². The van der Waals surface area contributed by atoms with Crippen LogP contribution < -0.4 is 0 Å². The second-order valence-corrected chi connectivity index (χ2v) is 33.3. The van der Waals surface area contributed by atoms with Gasteiger partial charge >= 0.3 is 39.5 Å². The van der Waals surface area contributed by atoms with Crippen molar-refractivity contribution < 1.29 is 80.2 Å². The van der Waals surface area contributed by atoms with Crippen LogP contribution in [0.25, 0.3) is 0 Å². The van der Waals surface area contributed by atoms with Crippen LogP contribution in [0.2, 0.25) is 0 Å². The Kier molecular flexibility index (Phi) is 66.8. The number of hydrogen-bond acceptors (Lipinski definition) is 15. The SMILES string of the molecule is CC(C)CCCCCCCCCCCCCCCCCCCCC(=O)O[C@H](COC(=O)CCCCCCCCCCCCCC(C)C)COP(=O)(O)OCC(O)COP(=O)(O)OC[C@@H](COC(=O)CCCCCCCCCC(C)C)OC(=O)CCCCCCCCCCCCC(C)C. The largest absolute Gasteiger partial charge is 0.472 e. The zero-order valence-electron chi connectivity index (χ0n) is 64.4. The lowest BCUT2D eigenvalue weighted by molar-refractivity contribution is -0.161. The van der Waals surface area contributed by atoms with E-state index in [4.69, 9.17) is 37.0 Å². The van der Waals surface area contributed by atoms with Gasteiger partial charge in [-0.25, -0.2) is 9.13 Å². The number of unbranched alkanes of at least 4 members (excludes halogenated alkanes) is 42. The molecule has 582 valence electrons. The fraction of sp³-hybridized carbons (Fsp3) is 0.949. The van der Waals surface area contributed by atoms with E-state index in [1.807, 2.05) is 0 Å². The molecule has 19 heteroatoms. The van der Waals surface area contributed by atoms with E-state index in [0.29, 0.717) is 31.6 Å². The van der Waals surface area contributed by atoms with E-state index in [1.165, 1.54) is 199 Å². The first-order valence-corrected chi connectivity index (χ1v) is 43.7. The third-order valence-electron chi connectivity index (χ3n) is 18.3. The van der Waals surface area contributed by atoms with Crippen LogP contribution in [0.1, 0.15) is 402 Å². The number of phosphoric acid groups is 2. The smallest absolute Gasteiger partial charge is 0.462 e. The molecular formula is C79H154O17P2.